The second-order valence-corrected chi connectivity index (χ2v) is 12.2. The number of hydrogen-bond donors (Lipinski definition) is 4. The van der Waals surface area contributed by atoms with Crippen molar-refractivity contribution in [1.82, 2.24) is 15.4 Å². The SMILES string of the molecule is O=C1C[N+]([O-])(C2CNCNC2)C(c2ccc(Oc3ccc(Cl)cc3)cc2)C(=O)N1c1ccc(S(=O)(=O)NCCO)cc1. The molecular formula is C28H30ClN5O7S. The average molecular weight is 616 g/mol. The van der Waals surface area contributed by atoms with Gasteiger partial charge in [0.15, 0.2) is 12.6 Å². The number of benzene rings is 3. The topological polar surface area (TPSA) is 160 Å². The molecule has 3 aromatic rings. The number of sulfonamides is 1. The predicted molar refractivity (Wildman–Crippen MR) is 155 cm³/mol. The van der Waals surface area contributed by atoms with Gasteiger partial charge < -0.3 is 19.7 Å². The summed E-state index contributed by atoms with van der Waals surface area (Å²) >= 11 is 5.94. The van der Waals surface area contributed by atoms with Gasteiger partial charge >= 0.3 is 0 Å². The van der Waals surface area contributed by atoms with Crippen LogP contribution in [0.2, 0.25) is 5.02 Å². The van der Waals surface area contributed by atoms with Crippen LogP contribution in [0.1, 0.15) is 11.6 Å². The van der Waals surface area contributed by atoms with Crippen LogP contribution >= 0.6 is 11.6 Å². The number of anilines is 1. The van der Waals surface area contributed by atoms with E-state index in [9.17, 15) is 23.2 Å². The number of halogens is 1. The largest absolute Gasteiger partial charge is 0.631 e. The highest BCUT2D eigenvalue weighted by molar-refractivity contribution is 7.89. The van der Waals surface area contributed by atoms with Gasteiger partial charge in [-0.05, 0) is 72.8 Å². The van der Waals surface area contributed by atoms with E-state index in [1.165, 1.54) is 24.3 Å². The molecule has 0 aliphatic carbocycles. The first-order valence-electron chi connectivity index (χ1n) is 13.2. The van der Waals surface area contributed by atoms with Gasteiger partial charge in [-0.25, -0.2) is 18.0 Å². The molecule has 0 aromatic heterocycles. The smallest absolute Gasteiger partial charge is 0.297 e. The van der Waals surface area contributed by atoms with Crippen LogP contribution in [0.3, 0.4) is 0 Å². The summed E-state index contributed by atoms with van der Waals surface area (Å²) in [5, 5.41) is 30.3. The van der Waals surface area contributed by atoms with E-state index in [0.717, 1.165) is 4.90 Å². The molecule has 5 rings (SSSR count). The van der Waals surface area contributed by atoms with Crippen LogP contribution < -0.4 is 25.0 Å². The molecule has 2 fully saturated rings. The quantitative estimate of drug-likeness (QED) is 0.160. The number of ether oxygens (including phenoxy) is 1. The minimum absolute atomic E-state index is 0.0993. The zero-order valence-corrected chi connectivity index (χ0v) is 24.0. The number of piperazine rings is 1. The molecule has 0 spiro atoms. The molecular weight excluding hydrogens is 586 g/mol. The van der Waals surface area contributed by atoms with E-state index in [4.69, 9.17) is 21.4 Å². The normalized spacial score (nSPS) is 21.9. The lowest BCUT2D eigenvalue weighted by molar-refractivity contribution is -0.918. The molecule has 12 nitrogen and oxygen atoms in total. The summed E-state index contributed by atoms with van der Waals surface area (Å²) < 4.78 is 31.9. The highest BCUT2D eigenvalue weighted by Crippen LogP contribution is 2.39. The van der Waals surface area contributed by atoms with Gasteiger partial charge in [-0.2, -0.15) is 0 Å². The Hall–Kier alpha value is -3.40. The zero-order valence-electron chi connectivity index (χ0n) is 22.4. The number of rotatable bonds is 9. The molecule has 2 heterocycles. The number of nitrogens with zero attached hydrogens (tertiary/aromatic N) is 2. The van der Waals surface area contributed by atoms with Gasteiger partial charge in [0.05, 0.1) is 30.3 Å². The minimum Gasteiger partial charge on any atom is -0.631 e. The lowest BCUT2D eigenvalue weighted by Gasteiger charge is -2.56. The number of hydrogen-bond acceptors (Lipinski definition) is 9. The van der Waals surface area contributed by atoms with Crippen molar-refractivity contribution in [2.45, 2.75) is 17.0 Å². The van der Waals surface area contributed by atoms with Crippen molar-refractivity contribution in [3.8, 4) is 11.5 Å². The molecule has 0 radical (unpaired) electrons. The number of aliphatic hydroxyl groups excluding tert-OH is 1. The molecule has 2 atom stereocenters. The molecule has 4 N–H and O–H groups in total. The number of carbonyl (C=O) groups excluding carboxylic acids is 2. The van der Waals surface area contributed by atoms with E-state index < -0.39 is 45.1 Å². The monoisotopic (exact) mass is 615 g/mol. The molecule has 2 saturated heterocycles. The summed E-state index contributed by atoms with van der Waals surface area (Å²) in [7, 11) is -3.90. The molecule has 42 heavy (non-hydrogen) atoms. The standard InChI is InChI=1S/C28H30ClN5O7S/c29-20-3-9-24(10-4-20)41-23-7-1-19(2-8-23)27-28(37)33(26(36)17-34(27,38)22-15-30-18-31-16-22)21-5-11-25(12-6-21)42(39,40)32-13-14-35/h1-12,22,27,30-32,35H,13-18H2. The van der Waals surface area contributed by atoms with Crippen LogP contribution in [0.5, 0.6) is 11.5 Å². The van der Waals surface area contributed by atoms with Crippen LogP contribution in [-0.4, -0.2) is 75.5 Å². The number of quaternary nitrogens is 1. The number of carbonyl (C=O) groups is 2. The van der Waals surface area contributed by atoms with E-state index in [2.05, 4.69) is 15.4 Å². The summed E-state index contributed by atoms with van der Waals surface area (Å²) in [5.41, 5.74) is 0.555. The Kier molecular flexibility index (Phi) is 8.92. The zero-order chi connectivity index (χ0) is 29.9. The third-order valence-corrected chi connectivity index (χ3v) is 8.93. The molecule has 3 aromatic carbocycles. The summed E-state index contributed by atoms with van der Waals surface area (Å²) in [4.78, 5) is 28.3. The Balaban J connectivity index is 1.47. The van der Waals surface area contributed by atoms with E-state index in [-0.39, 0.29) is 23.7 Å². The molecule has 14 heteroatoms. The van der Waals surface area contributed by atoms with Gasteiger partial charge in [-0.15, -0.1) is 0 Å². The third kappa shape index (κ3) is 6.19. The van der Waals surface area contributed by atoms with E-state index in [1.54, 1.807) is 48.5 Å². The molecule has 2 aliphatic heterocycles. The maximum absolute atomic E-state index is 14.5. The van der Waals surface area contributed by atoms with Crippen molar-refractivity contribution in [2.75, 3.05) is 44.4 Å². The van der Waals surface area contributed by atoms with Crippen molar-refractivity contribution in [3.63, 3.8) is 0 Å². The Labute approximate surface area is 248 Å². The maximum atomic E-state index is 14.5. The average Bonchev–Trinajstić information content (AvgIpc) is 2.99. The van der Waals surface area contributed by atoms with Gasteiger partial charge in [0, 0.05) is 23.8 Å². The van der Waals surface area contributed by atoms with Gasteiger partial charge in [-0.3, -0.25) is 20.2 Å². The first-order chi connectivity index (χ1) is 20.1. The second-order valence-electron chi connectivity index (χ2n) is 9.96. The Morgan fingerprint density at radius 2 is 1.57 bits per heavy atom. The molecule has 2 unspecified atom stereocenters. The summed E-state index contributed by atoms with van der Waals surface area (Å²) in [5.74, 6) is -0.363. The highest BCUT2D eigenvalue weighted by Gasteiger charge is 2.52. The van der Waals surface area contributed by atoms with E-state index in [0.29, 0.717) is 41.8 Å². The van der Waals surface area contributed by atoms with Crippen molar-refractivity contribution in [3.05, 3.63) is 88.6 Å². The van der Waals surface area contributed by atoms with Gasteiger partial charge in [-0.1, -0.05) is 11.6 Å². The first kappa shape index (κ1) is 30.1. The number of hydroxylamine groups is 3. The molecule has 222 valence electrons. The molecule has 2 aliphatic rings. The number of imide groups is 1. The van der Waals surface area contributed by atoms with Crippen LogP contribution in [-0.2, 0) is 19.6 Å². The maximum Gasteiger partial charge on any atom is 0.297 e. The van der Waals surface area contributed by atoms with E-state index in [1.807, 2.05) is 0 Å². The fourth-order valence-corrected chi connectivity index (χ4v) is 6.30. The highest BCUT2D eigenvalue weighted by atomic mass is 35.5. The minimum atomic E-state index is -3.90. The van der Waals surface area contributed by atoms with Gasteiger partial charge in [0.1, 0.15) is 17.5 Å². The fraction of sp³-hybridized carbons (Fsp3) is 0.286. The van der Waals surface area contributed by atoms with Gasteiger partial charge in [0.25, 0.3) is 11.8 Å². The lowest BCUT2D eigenvalue weighted by atomic mass is 9.96. The molecule has 0 bridgehead atoms. The van der Waals surface area contributed by atoms with Gasteiger partial charge in [0.2, 0.25) is 10.0 Å². The lowest BCUT2D eigenvalue weighted by Crippen LogP contribution is -2.71. The summed E-state index contributed by atoms with van der Waals surface area (Å²) in [6.07, 6.45) is 0. The second kappa shape index (κ2) is 12.5. The Morgan fingerprint density at radius 1 is 0.976 bits per heavy atom. The first-order valence-corrected chi connectivity index (χ1v) is 15.1. The third-order valence-electron chi connectivity index (χ3n) is 7.21. The van der Waals surface area contributed by atoms with E-state index >= 15 is 0 Å². The van der Waals surface area contributed by atoms with Crippen molar-refractivity contribution < 1.29 is 32.5 Å². The number of nitrogens with one attached hydrogen (secondary N) is 3. The number of aliphatic hydroxyl groups is 1. The Morgan fingerprint density at radius 3 is 2.17 bits per heavy atom. The molecule has 2 amide bonds. The summed E-state index contributed by atoms with van der Waals surface area (Å²) in [6.45, 7) is 0.120. The fourth-order valence-electron chi connectivity index (χ4n) is 5.15. The van der Waals surface area contributed by atoms with Crippen molar-refractivity contribution >= 4 is 39.1 Å². The summed E-state index contributed by atoms with van der Waals surface area (Å²) in [6, 6.07) is 16.7. The van der Waals surface area contributed by atoms with Crippen LogP contribution in [0.15, 0.2) is 77.7 Å². The number of amides is 2. The Bertz CT molecular complexity index is 1530. The van der Waals surface area contributed by atoms with Crippen LogP contribution in [0.4, 0.5) is 5.69 Å². The van der Waals surface area contributed by atoms with Crippen LogP contribution in [0.25, 0.3) is 0 Å². The molecule has 0 saturated carbocycles. The van der Waals surface area contributed by atoms with Crippen molar-refractivity contribution in [2.24, 2.45) is 0 Å². The predicted octanol–water partition coefficient (Wildman–Crippen LogP) is 1.85. The van der Waals surface area contributed by atoms with Crippen LogP contribution in [0, 0.1) is 5.21 Å². The van der Waals surface area contributed by atoms with Crippen molar-refractivity contribution in [1.29, 1.82) is 0 Å².